The van der Waals surface area contributed by atoms with Crippen LogP contribution in [0.2, 0.25) is 0 Å². The number of hydrogen-bond donors (Lipinski definition) is 2. The number of carbonyl (C=O) groups excluding carboxylic acids is 1. The highest BCUT2D eigenvalue weighted by molar-refractivity contribution is 5.96. The number of aromatic nitrogens is 2. The fourth-order valence-corrected chi connectivity index (χ4v) is 4.30. The van der Waals surface area contributed by atoms with Crippen LogP contribution in [0.15, 0.2) is 42.5 Å². The highest BCUT2D eigenvalue weighted by Gasteiger charge is 2.38. The first-order chi connectivity index (χ1) is 17.8. The number of amides is 1. The summed E-state index contributed by atoms with van der Waals surface area (Å²) >= 11 is 0. The average Bonchev–Trinajstić information content (AvgIpc) is 2.86. The number of alkyl halides is 6. The van der Waals surface area contributed by atoms with Crippen molar-refractivity contribution < 1.29 is 31.1 Å². The van der Waals surface area contributed by atoms with E-state index in [0.717, 1.165) is 48.8 Å². The van der Waals surface area contributed by atoms with Crippen LogP contribution in [0.25, 0.3) is 10.9 Å². The fourth-order valence-electron chi connectivity index (χ4n) is 4.30. The van der Waals surface area contributed by atoms with Gasteiger partial charge in [-0.25, -0.2) is 4.98 Å². The lowest BCUT2D eigenvalue weighted by molar-refractivity contribution is -0.141. The molecule has 0 radical (unpaired) electrons. The molecule has 1 heterocycles. The summed E-state index contributed by atoms with van der Waals surface area (Å²) in [7, 11) is 3.88. The molecule has 0 spiro atoms. The van der Waals surface area contributed by atoms with E-state index < -0.39 is 35.0 Å². The molecule has 38 heavy (non-hydrogen) atoms. The van der Waals surface area contributed by atoms with Gasteiger partial charge in [-0.2, -0.15) is 31.3 Å². The number of hydrogen-bond acceptors (Lipinski definition) is 5. The SMILES string of the molecule is CN(C)c1nc(N)nc2ccccc12.O=C(NCC1CCCCC1)c1cc(C(F)(F)F)ccc1C(F)(F)F. The monoisotopic (exact) mass is 541 g/mol. The minimum Gasteiger partial charge on any atom is -0.368 e. The van der Waals surface area contributed by atoms with Crippen molar-refractivity contribution in [3.8, 4) is 0 Å². The Bertz CT molecular complexity index is 1250. The van der Waals surface area contributed by atoms with Gasteiger partial charge in [0.15, 0.2) is 0 Å². The van der Waals surface area contributed by atoms with Gasteiger partial charge in [-0.1, -0.05) is 31.4 Å². The summed E-state index contributed by atoms with van der Waals surface area (Å²) < 4.78 is 77.1. The van der Waals surface area contributed by atoms with Crippen LogP contribution in [0, 0.1) is 5.92 Å². The molecule has 1 aliphatic carbocycles. The zero-order valence-electron chi connectivity index (χ0n) is 21.0. The molecule has 1 aromatic heterocycles. The molecule has 0 bridgehead atoms. The van der Waals surface area contributed by atoms with Crippen LogP contribution in [0.5, 0.6) is 0 Å². The summed E-state index contributed by atoms with van der Waals surface area (Å²) in [6.07, 6.45) is -4.96. The fraction of sp³-hybridized carbons (Fsp3) is 0.423. The lowest BCUT2D eigenvalue weighted by atomic mass is 9.89. The second-order valence-corrected chi connectivity index (χ2v) is 9.29. The van der Waals surface area contributed by atoms with E-state index in [1.807, 2.05) is 43.3 Å². The van der Waals surface area contributed by atoms with Crippen LogP contribution in [-0.4, -0.2) is 36.5 Å². The van der Waals surface area contributed by atoms with Gasteiger partial charge in [0.05, 0.1) is 22.2 Å². The molecule has 4 rings (SSSR count). The maximum absolute atomic E-state index is 13.0. The lowest BCUT2D eigenvalue weighted by Crippen LogP contribution is -2.32. The molecule has 1 fully saturated rings. The molecule has 0 saturated heterocycles. The number of carbonyl (C=O) groups is 1. The number of fused-ring (bicyclic) bond motifs is 1. The van der Waals surface area contributed by atoms with Gasteiger partial charge in [0.2, 0.25) is 5.95 Å². The molecule has 1 saturated carbocycles. The Morgan fingerprint density at radius 1 is 0.974 bits per heavy atom. The Kier molecular flexibility index (Phi) is 9.05. The van der Waals surface area contributed by atoms with Gasteiger partial charge in [0.25, 0.3) is 5.91 Å². The maximum atomic E-state index is 13.0. The number of rotatable bonds is 4. The van der Waals surface area contributed by atoms with E-state index in [0.29, 0.717) is 18.1 Å². The highest BCUT2D eigenvalue weighted by atomic mass is 19.4. The molecular formula is C26H29F6N5O. The van der Waals surface area contributed by atoms with E-state index >= 15 is 0 Å². The third-order valence-electron chi connectivity index (χ3n) is 6.20. The first kappa shape index (κ1) is 29.0. The third kappa shape index (κ3) is 7.48. The standard InChI is InChI=1S/C16H17F6NO.C10H12N4/c17-15(18,19)11-6-7-13(16(20,21)22)12(8-11)14(24)23-9-10-4-2-1-3-5-10;1-14(2)9-7-5-3-4-6-8(7)12-10(11)13-9/h6-8,10H,1-5,9H2,(H,23,24);3-6H,1-2H3,(H2,11,12,13). The van der Waals surface area contributed by atoms with Gasteiger partial charge in [-0.15, -0.1) is 0 Å². The first-order valence-corrected chi connectivity index (χ1v) is 12.0. The van der Waals surface area contributed by atoms with Crippen LogP contribution < -0.4 is 16.0 Å². The van der Waals surface area contributed by atoms with Crippen molar-refractivity contribution in [2.75, 3.05) is 31.3 Å². The second-order valence-electron chi connectivity index (χ2n) is 9.29. The molecule has 6 nitrogen and oxygen atoms in total. The number of nitrogens with one attached hydrogen (secondary N) is 1. The Labute approximate surface area is 216 Å². The van der Waals surface area contributed by atoms with Gasteiger partial charge in [-0.05, 0) is 49.1 Å². The van der Waals surface area contributed by atoms with Crippen molar-refractivity contribution in [2.45, 2.75) is 44.5 Å². The van der Waals surface area contributed by atoms with Crippen molar-refractivity contribution in [3.05, 3.63) is 59.2 Å². The zero-order chi connectivity index (χ0) is 28.1. The molecule has 12 heteroatoms. The summed E-state index contributed by atoms with van der Waals surface area (Å²) in [6, 6.07) is 8.73. The van der Waals surface area contributed by atoms with Crippen LogP contribution in [0.3, 0.4) is 0 Å². The number of benzene rings is 2. The minimum atomic E-state index is -4.90. The van der Waals surface area contributed by atoms with Crippen LogP contribution in [0.1, 0.15) is 53.6 Å². The maximum Gasteiger partial charge on any atom is 0.417 e. The van der Waals surface area contributed by atoms with Crippen molar-refractivity contribution in [1.82, 2.24) is 15.3 Å². The quantitative estimate of drug-likeness (QED) is 0.378. The number of halogens is 6. The van der Waals surface area contributed by atoms with Crippen LogP contribution in [0.4, 0.5) is 38.1 Å². The molecule has 3 N–H and O–H groups in total. The second kappa shape index (κ2) is 11.9. The molecule has 1 aliphatic rings. The van der Waals surface area contributed by atoms with Gasteiger partial charge < -0.3 is 16.0 Å². The Morgan fingerprint density at radius 3 is 2.24 bits per heavy atom. The Hall–Kier alpha value is -3.57. The number of nitrogens with two attached hydrogens (primary N) is 1. The van der Waals surface area contributed by atoms with Gasteiger partial charge in [0, 0.05) is 26.0 Å². The van der Waals surface area contributed by atoms with Crippen molar-refractivity contribution >= 4 is 28.6 Å². The number of nitrogens with zero attached hydrogens (tertiary/aromatic N) is 3. The topological polar surface area (TPSA) is 84.1 Å². The summed E-state index contributed by atoms with van der Waals surface area (Å²) in [5.74, 6) is 0.197. The Balaban J connectivity index is 0.000000241. The third-order valence-corrected chi connectivity index (χ3v) is 6.20. The predicted octanol–water partition coefficient (Wildman–Crippen LogP) is 6.31. The Morgan fingerprint density at radius 2 is 1.63 bits per heavy atom. The molecular weight excluding hydrogens is 512 g/mol. The van der Waals surface area contributed by atoms with E-state index in [1.54, 1.807) is 0 Å². The summed E-state index contributed by atoms with van der Waals surface area (Å²) in [5, 5.41) is 3.37. The van der Waals surface area contributed by atoms with Crippen molar-refractivity contribution in [1.29, 1.82) is 0 Å². The zero-order valence-corrected chi connectivity index (χ0v) is 21.0. The van der Waals surface area contributed by atoms with Crippen molar-refractivity contribution in [2.24, 2.45) is 5.92 Å². The molecule has 0 atom stereocenters. The largest absolute Gasteiger partial charge is 0.417 e. The molecule has 3 aromatic rings. The van der Waals surface area contributed by atoms with E-state index in [-0.39, 0.29) is 18.5 Å². The molecule has 0 unspecified atom stereocenters. The summed E-state index contributed by atoms with van der Waals surface area (Å²) in [6.45, 7) is 0.173. The van der Waals surface area contributed by atoms with E-state index in [2.05, 4.69) is 15.3 Å². The van der Waals surface area contributed by atoms with Crippen LogP contribution in [-0.2, 0) is 12.4 Å². The highest BCUT2D eigenvalue weighted by Crippen LogP contribution is 2.36. The summed E-state index contributed by atoms with van der Waals surface area (Å²) in [4.78, 5) is 22.3. The molecule has 1 amide bonds. The van der Waals surface area contributed by atoms with Gasteiger partial charge in [-0.3, -0.25) is 4.79 Å². The minimum absolute atomic E-state index is 0.155. The smallest absolute Gasteiger partial charge is 0.368 e. The number of para-hydroxylation sites is 1. The molecule has 2 aromatic carbocycles. The first-order valence-electron chi connectivity index (χ1n) is 12.0. The van der Waals surface area contributed by atoms with Gasteiger partial charge in [0.1, 0.15) is 5.82 Å². The number of nitrogen functional groups attached to an aromatic ring is 1. The van der Waals surface area contributed by atoms with Gasteiger partial charge >= 0.3 is 12.4 Å². The predicted molar refractivity (Wildman–Crippen MR) is 134 cm³/mol. The average molecular weight is 542 g/mol. The lowest BCUT2D eigenvalue weighted by Gasteiger charge is -2.22. The van der Waals surface area contributed by atoms with E-state index in [1.165, 1.54) is 0 Å². The molecule has 206 valence electrons. The molecule has 0 aliphatic heterocycles. The normalized spacial score (nSPS) is 14.5. The van der Waals surface area contributed by atoms with Crippen LogP contribution >= 0.6 is 0 Å². The summed E-state index contributed by atoms with van der Waals surface area (Å²) in [5.41, 5.74) is 2.86. The number of anilines is 2. The van der Waals surface area contributed by atoms with Crippen molar-refractivity contribution in [3.63, 3.8) is 0 Å². The van der Waals surface area contributed by atoms with E-state index in [4.69, 9.17) is 5.73 Å². The van der Waals surface area contributed by atoms with E-state index in [9.17, 15) is 31.1 Å².